The quantitative estimate of drug-likeness (QED) is 0.226. The van der Waals surface area contributed by atoms with Crippen molar-refractivity contribution >= 4 is 33.4 Å². The molecule has 0 bridgehead atoms. The van der Waals surface area contributed by atoms with E-state index >= 15 is 0 Å². The first kappa shape index (κ1) is 22.3. The van der Waals surface area contributed by atoms with E-state index in [0.29, 0.717) is 25.6 Å². The van der Waals surface area contributed by atoms with Gasteiger partial charge in [-0.1, -0.05) is 29.8 Å². The Morgan fingerprint density at radius 2 is 2.29 bits per heavy atom. The molecule has 0 aliphatic carbocycles. The van der Waals surface area contributed by atoms with Crippen molar-refractivity contribution in [3.63, 3.8) is 0 Å². The van der Waals surface area contributed by atoms with Crippen LogP contribution >= 0.6 is 27.5 Å². The van der Waals surface area contributed by atoms with Gasteiger partial charge in [0.05, 0.1) is 0 Å². The van der Waals surface area contributed by atoms with Crippen molar-refractivity contribution in [3.05, 3.63) is 15.0 Å². The molecule has 1 heterocycles. The number of hydrogen-bond acceptors (Lipinski definition) is 7. The molecule has 0 fully saturated rings. The van der Waals surface area contributed by atoms with Gasteiger partial charge in [-0.2, -0.15) is 0 Å². The predicted octanol–water partition coefficient (Wildman–Crippen LogP) is 3.74. The Kier molecular flexibility index (Phi) is 18.2. The molecule has 0 saturated carbocycles. The molecule has 0 unspecified atom stereocenters. The highest BCUT2D eigenvalue weighted by Gasteiger charge is 2.19. The smallest absolute Gasteiger partial charge is 0.364 e. The third-order valence-corrected chi connectivity index (χ3v) is 2.73. The number of rotatable bonds is 6. The van der Waals surface area contributed by atoms with Crippen LogP contribution in [0.2, 0.25) is 0 Å². The Morgan fingerprint density at radius 1 is 1.62 bits per heavy atom. The average Bonchev–Trinajstić information content (AvgIpc) is 2.95. The first-order valence-electron chi connectivity index (χ1n) is 6.39. The van der Waals surface area contributed by atoms with Crippen LogP contribution in [0.5, 0.6) is 0 Å². The van der Waals surface area contributed by atoms with Crippen molar-refractivity contribution in [1.29, 1.82) is 0 Å². The minimum atomic E-state index is -0.535. The molecule has 0 saturated heterocycles. The molecule has 1 aliphatic rings. The van der Waals surface area contributed by atoms with Crippen molar-refractivity contribution in [3.8, 4) is 0 Å². The largest absolute Gasteiger partial charge is 0.388 e. The van der Waals surface area contributed by atoms with Gasteiger partial charge in [-0.3, -0.25) is 4.84 Å². The van der Waals surface area contributed by atoms with Crippen LogP contribution in [-0.4, -0.2) is 35.2 Å². The molecule has 1 rings (SSSR count). The minimum Gasteiger partial charge on any atom is -0.364 e. The van der Waals surface area contributed by atoms with Crippen LogP contribution in [-0.2, 0) is 9.68 Å². The van der Waals surface area contributed by atoms with E-state index in [1.165, 1.54) is 0 Å². The van der Waals surface area contributed by atoms with Crippen molar-refractivity contribution < 1.29 is 14.6 Å². The van der Waals surface area contributed by atoms with Gasteiger partial charge in [0, 0.05) is 11.2 Å². The van der Waals surface area contributed by atoms with Crippen LogP contribution < -0.4 is 0 Å². The maximum Gasteiger partial charge on any atom is 0.388 e. The summed E-state index contributed by atoms with van der Waals surface area (Å²) in [5, 5.41) is 16.2. The fraction of sp³-hybridized carbons (Fsp3) is 0.909. The minimum absolute atomic E-state index is 0.0787. The molecule has 0 radical (unpaired) electrons. The Balaban J connectivity index is 0. The van der Waals surface area contributed by atoms with E-state index in [0.717, 1.165) is 24.1 Å². The monoisotopic (exact) mass is 389 g/mol. The van der Waals surface area contributed by atoms with Crippen LogP contribution in [0.3, 0.4) is 0 Å². The van der Waals surface area contributed by atoms with E-state index in [9.17, 15) is 15.0 Å². The average molecular weight is 391 g/mol. The van der Waals surface area contributed by atoms with E-state index in [2.05, 4.69) is 49.9 Å². The molecule has 1 aliphatic heterocycles. The lowest BCUT2D eigenvalue weighted by Gasteiger charge is -1.98. The molecule has 21 heavy (non-hydrogen) atoms. The number of hydrogen-bond donors (Lipinski definition) is 0. The second-order valence-corrected chi connectivity index (χ2v) is 5.34. The van der Waals surface area contributed by atoms with Gasteiger partial charge in [0.1, 0.15) is 13.0 Å². The third kappa shape index (κ3) is 19.0. The van der Waals surface area contributed by atoms with Gasteiger partial charge in [0.2, 0.25) is 0 Å². The lowest BCUT2D eigenvalue weighted by atomic mass is 10.1. The summed E-state index contributed by atoms with van der Waals surface area (Å²) >= 11 is 8.50. The second kappa shape index (κ2) is 17.1. The Morgan fingerprint density at radius 3 is 2.52 bits per heavy atom. The molecular formula is C11H21BrClN3O5. The lowest BCUT2D eigenvalue weighted by molar-refractivity contribution is -0.352. The lowest BCUT2D eigenvalue weighted by Crippen LogP contribution is -2.07. The van der Waals surface area contributed by atoms with Gasteiger partial charge in [0.15, 0.2) is 17.1 Å². The predicted molar refractivity (Wildman–Crippen MR) is 85.3 cm³/mol. The van der Waals surface area contributed by atoms with E-state index in [4.69, 9.17) is 11.6 Å². The van der Waals surface area contributed by atoms with Crippen LogP contribution in [0.4, 0.5) is 0 Å². The summed E-state index contributed by atoms with van der Waals surface area (Å²) in [5.74, 6) is 1.27. The summed E-state index contributed by atoms with van der Waals surface area (Å²) in [7, 11) is 0. The van der Waals surface area contributed by atoms with Crippen LogP contribution in [0.25, 0.3) is 0 Å². The van der Waals surface area contributed by atoms with E-state index in [1.807, 2.05) is 0 Å². The molecule has 0 amide bonds. The van der Waals surface area contributed by atoms with Crippen LogP contribution in [0, 0.1) is 20.9 Å². The molecule has 0 N–H and O–H groups in total. The number of nitro groups is 1. The standard InChI is InChI=1S/C5H11NO2.C3H6BrCl.C3H4N2O3/c1-5(2)3-4-8-6-7;4-2-1-3-5;6-5(7)3-1-2-8-4-3/h5H,3-4H2,1-2H3;1-3H2;1-2H2. The summed E-state index contributed by atoms with van der Waals surface area (Å²) < 4.78 is 0. The SMILES string of the molecule is CC(C)CCON=O.ClCCCBr.O=[N+]([O-])C1=NOCC1. The summed E-state index contributed by atoms with van der Waals surface area (Å²) in [4.78, 5) is 27.2. The Hall–Kier alpha value is -0.960. The van der Waals surface area contributed by atoms with Crippen molar-refractivity contribution in [2.45, 2.75) is 33.1 Å². The van der Waals surface area contributed by atoms with Gasteiger partial charge < -0.3 is 15.0 Å². The Bertz CT molecular complexity index is 304. The summed E-state index contributed by atoms with van der Waals surface area (Å²) in [6.07, 6.45) is 2.29. The van der Waals surface area contributed by atoms with Gasteiger partial charge in [0.25, 0.3) is 0 Å². The van der Waals surface area contributed by atoms with Crippen molar-refractivity contribution in [2.24, 2.45) is 16.4 Å². The van der Waals surface area contributed by atoms with Crippen molar-refractivity contribution in [1.82, 2.24) is 0 Å². The Labute approximate surface area is 137 Å². The van der Waals surface area contributed by atoms with Gasteiger partial charge in [-0.05, 0) is 23.7 Å². The van der Waals surface area contributed by atoms with Crippen LogP contribution in [0.15, 0.2) is 10.5 Å². The first-order valence-corrected chi connectivity index (χ1v) is 8.04. The second-order valence-electron chi connectivity index (χ2n) is 4.17. The van der Waals surface area contributed by atoms with Crippen LogP contribution in [0.1, 0.15) is 33.1 Å². The molecular weight excluding hydrogens is 369 g/mol. The summed E-state index contributed by atoms with van der Waals surface area (Å²) in [6, 6.07) is 0. The van der Waals surface area contributed by atoms with Crippen molar-refractivity contribution in [2.75, 3.05) is 24.4 Å². The highest BCUT2D eigenvalue weighted by atomic mass is 79.9. The molecule has 10 heteroatoms. The molecule has 0 spiro atoms. The van der Waals surface area contributed by atoms with Gasteiger partial charge in [-0.15, -0.1) is 16.5 Å². The molecule has 0 aromatic rings. The van der Waals surface area contributed by atoms with E-state index < -0.39 is 4.92 Å². The molecule has 0 atom stereocenters. The topological polar surface area (TPSA) is 103 Å². The highest BCUT2D eigenvalue weighted by Crippen LogP contribution is 1.99. The normalized spacial score (nSPS) is 12.1. The fourth-order valence-electron chi connectivity index (χ4n) is 0.804. The molecule has 0 aromatic carbocycles. The summed E-state index contributed by atoms with van der Waals surface area (Å²) in [5.41, 5.74) is 0. The molecule has 124 valence electrons. The number of halogens is 2. The maximum atomic E-state index is 9.80. The highest BCUT2D eigenvalue weighted by molar-refractivity contribution is 9.09. The zero-order chi connectivity index (χ0) is 16.5. The van der Waals surface area contributed by atoms with Gasteiger partial charge >= 0.3 is 5.84 Å². The first-order chi connectivity index (χ1) is 9.99. The van der Waals surface area contributed by atoms with Gasteiger partial charge in [-0.25, -0.2) is 0 Å². The molecule has 0 aromatic heterocycles. The molecule has 8 nitrogen and oxygen atoms in total. The maximum absolute atomic E-state index is 9.80. The van der Waals surface area contributed by atoms with E-state index in [-0.39, 0.29) is 5.84 Å². The van der Waals surface area contributed by atoms with E-state index in [1.54, 1.807) is 0 Å². The number of amidine groups is 1. The fourth-order valence-corrected chi connectivity index (χ4v) is 1.54. The number of alkyl halides is 2. The summed E-state index contributed by atoms with van der Waals surface area (Å²) in [6.45, 7) is 4.92. The zero-order valence-corrected chi connectivity index (χ0v) is 14.5. The number of nitrogens with zero attached hydrogens (tertiary/aromatic N) is 3. The third-order valence-electron chi connectivity index (χ3n) is 1.90. The number of oxime groups is 1. The zero-order valence-electron chi connectivity index (χ0n) is 12.2.